The zero-order valence-electron chi connectivity index (χ0n) is 22.6. The number of amides is 2. The first-order chi connectivity index (χ1) is 20.7. The molecule has 0 radical (unpaired) electrons. The van der Waals surface area contributed by atoms with E-state index in [9.17, 15) is 9.59 Å². The van der Waals surface area contributed by atoms with E-state index in [0.717, 1.165) is 44.1 Å². The topological polar surface area (TPSA) is 42.3 Å². The van der Waals surface area contributed by atoms with E-state index in [-0.39, 0.29) is 11.8 Å². The summed E-state index contributed by atoms with van der Waals surface area (Å²) in [5.74, 6) is -0.624. The smallest absolute Gasteiger partial charge is 0.268 e. The minimum atomic E-state index is -0.315. The van der Waals surface area contributed by atoms with Crippen LogP contribution in [0.2, 0.25) is 0 Å². The summed E-state index contributed by atoms with van der Waals surface area (Å²) < 4.78 is 2.12. The minimum Gasteiger partial charge on any atom is -0.308 e. The molecule has 0 N–H and O–H groups in total. The van der Waals surface area contributed by atoms with E-state index < -0.39 is 0 Å². The lowest BCUT2D eigenvalue weighted by Crippen LogP contribution is -2.29. The average Bonchev–Trinajstić information content (AvgIpc) is 3.52. The van der Waals surface area contributed by atoms with Crippen LogP contribution in [-0.2, 0) is 0 Å². The summed E-state index contributed by atoms with van der Waals surface area (Å²) in [6.07, 6.45) is 0. The van der Waals surface area contributed by atoms with E-state index in [0.29, 0.717) is 22.5 Å². The fourth-order valence-corrected chi connectivity index (χ4v) is 6.16. The van der Waals surface area contributed by atoms with Crippen LogP contribution >= 0.6 is 0 Å². The van der Waals surface area contributed by atoms with Crippen LogP contribution in [0.5, 0.6) is 0 Å². The average molecular weight is 541 g/mol. The Morgan fingerprint density at radius 2 is 1.02 bits per heavy atom. The summed E-state index contributed by atoms with van der Waals surface area (Å²) in [6.45, 7) is 0. The van der Waals surface area contributed by atoms with Gasteiger partial charge in [-0.05, 0) is 64.7 Å². The van der Waals surface area contributed by atoms with Gasteiger partial charge in [-0.1, -0.05) is 103 Å². The summed E-state index contributed by atoms with van der Waals surface area (Å²) in [4.78, 5) is 29.1. The lowest BCUT2D eigenvalue weighted by Gasteiger charge is -2.15. The highest BCUT2D eigenvalue weighted by Crippen LogP contribution is 2.39. The van der Waals surface area contributed by atoms with Crippen LogP contribution in [0.4, 0.5) is 5.69 Å². The predicted molar refractivity (Wildman–Crippen MR) is 169 cm³/mol. The first-order valence-electron chi connectivity index (χ1n) is 14.0. The summed E-state index contributed by atoms with van der Waals surface area (Å²) in [6, 6.07) is 48.1. The third-order valence-electron chi connectivity index (χ3n) is 8.15. The maximum Gasteiger partial charge on any atom is 0.268 e. The van der Waals surface area contributed by atoms with E-state index in [4.69, 9.17) is 0 Å². The van der Waals surface area contributed by atoms with Crippen LogP contribution < -0.4 is 4.90 Å². The molecule has 2 amide bonds. The van der Waals surface area contributed by atoms with Crippen molar-refractivity contribution in [1.82, 2.24) is 4.57 Å². The Morgan fingerprint density at radius 3 is 1.76 bits per heavy atom. The fourth-order valence-electron chi connectivity index (χ4n) is 6.16. The number of carbonyl (C=O) groups excluding carboxylic acids is 2. The number of hydrogen-bond donors (Lipinski definition) is 0. The van der Waals surface area contributed by atoms with Gasteiger partial charge in [0.25, 0.3) is 11.8 Å². The number of hydrogen-bond acceptors (Lipinski definition) is 2. The molecule has 4 nitrogen and oxygen atoms in total. The standard InChI is InChI=1S/C38H24N2O2/c41-37-31-15-9-17-35(36(31)38(42)39(37)29-21-18-27(19-22-29)25-10-3-1-4-11-25)40-33-16-8-7-14-30(33)32-24-28(20-23-34(32)40)26-12-5-2-6-13-26/h1-24H. The molecule has 0 saturated carbocycles. The maximum atomic E-state index is 14.1. The van der Waals surface area contributed by atoms with Crippen LogP contribution in [0, 0.1) is 0 Å². The maximum absolute atomic E-state index is 14.1. The Bertz CT molecular complexity index is 2160. The van der Waals surface area contributed by atoms with Gasteiger partial charge in [0.15, 0.2) is 0 Å². The zero-order valence-corrected chi connectivity index (χ0v) is 22.6. The lowest BCUT2D eigenvalue weighted by atomic mass is 10.0. The zero-order chi connectivity index (χ0) is 28.2. The summed E-state index contributed by atoms with van der Waals surface area (Å²) >= 11 is 0. The van der Waals surface area contributed by atoms with Gasteiger partial charge in [0.2, 0.25) is 0 Å². The largest absolute Gasteiger partial charge is 0.308 e. The van der Waals surface area contributed by atoms with Gasteiger partial charge in [0.05, 0.1) is 33.5 Å². The number of nitrogens with zero attached hydrogens (tertiary/aromatic N) is 2. The van der Waals surface area contributed by atoms with Gasteiger partial charge in [-0.2, -0.15) is 0 Å². The number of para-hydroxylation sites is 1. The van der Waals surface area contributed by atoms with Crippen molar-refractivity contribution in [2.75, 3.05) is 4.90 Å². The Kier molecular flexibility index (Phi) is 5.41. The van der Waals surface area contributed by atoms with Gasteiger partial charge in [0.1, 0.15) is 0 Å². The Hall–Kier alpha value is -5.74. The second-order valence-electron chi connectivity index (χ2n) is 10.5. The number of imide groups is 1. The fraction of sp³-hybridized carbons (Fsp3) is 0. The van der Waals surface area contributed by atoms with Gasteiger partial charge < -0.3 is 4.57 Å². The Morgan fingerprint density at radius 1 is 0.429 bits per heavy atom. The van der Waals surface area contributed by atoms with Crippen LogP contribution in [-0.4, -0.2) is 16.4 Å². The van der Waals surface area contributed by atoms with Crippen molar-refractivity contribution in [2.45, 2.75) is 0 Å². The number of aromatic nitrogens is 1. The first kappa shape index (κ1) is 24.1. The van der Waals surface area contributed by atoms with Crippen molar-refractivity contribution in [1.29, 1.82) is 0 Å². The second-order valence-corrected chi connectivity index (χ2v) is 10.5. The van der Waals surface area contributed by atoms with E-state index in [1.165, 1.54) is 4.90 Å². The van der Waals surface area contributed by atoms with Crippen LogP contribution in [0.25, 0.3) is 49.7 Å². The molecule has 0 aliphatic carbocycles. The number of benzene rings is 6. The molecule has 0 unspecified atom stereocenters. The first-order valence-corrected chi connectivity index (χ1v) is 14.0. The molecule has 0 saturated heterocycles. The molecule has 2 heterocycles. The molecule has 0 spiro atoms. The quantitative estimate of drug-likeness (QED) is 0.209. The number of rotatable bonds is 4. The Balaban J connectivity index is 1.27. The molecular formula is C38H24N2O2. The van der Waals surface area contributed by atoms with Crippen LogP contribution in [0.15, 0.2) is 146 Å². The van der Waals surface area contributed by atoms with Gasteiger partial charge in [-0.3, -0.25) is 9.59 Å². The molecule has 0 fully saturated rings. The van der Waals surface area contributed by atoms with Crippen molar-refractivity contribution >= 4 is 39.3 Å². The number of carbonyl (C=O) groups is 2. The van der Waals surface area contributed by atoms with Crippen molar-refractivity contribution in [3.63, 3.8) is 0 Å². The molecule has 0 bridgehead atoms. The SMILES string of the molecule is O=C1c2cccc(-n3c4ccccc4c4cc(-c5ccccc5)ccc43)c2C(=O)N1c1ccc(-c2ccccc2)cc1. The third-order valence-corrected chi connectivity index (χ3v) is 8.15. The highest BCUT2D eigenvalue weighted by Gasteiger charge is 2.39. The van der Waals surface area contributed by atoms with Crippen LogP contribution in [0.3, 0.4) is 0 Å². The molecule has 42 heavy (non-hydrogen) atoms. The predicted octanol–water partition coefficient (Wildman–Crippen LogP) is 8.92. The lowest BCUT2D eigenvalue weighted by molar-refractivity contribution is 0.0926. The van der Waals surface area contributed by atoms with E-state index in [1.807, 2.05) is 97.1 Å². The second kappa shape index (κ2) is 9.43. The van der Waals surface area contributed by atoms with Gasteiger partial charge in [-0.15, -0.1) is 0 Å². The number of fused-ring (bicyclic) bond motifs is 4. The molecule has 198 valence electrons. The van der Waals surface area contributed by atoms with Gasteiger partial charge >= 0.3 is 0 Å². The summed E-state index contributed by atoms with van der Waals surface area (Å²) in [7, 11) is 0. The van der Waals surface area contributed by atoms with Gasteiger partial charge in [-0.25, -0.2) is 4.90 Å². The van der Waals surface area contributed by atoms with Crippen LogP contribution in [0.1, 0.15) is 20.7 Å². The van der Waals surface area contributed by atoms with Crippen molar-refractivity contribution < 1.29 is 9.59 Å². The van der Waals surface area contributed by atoms with E-state index >= 15 is 0 Å². The molecular weight excluding hydrogens is 516 g/mol. The normalized spacial score (nSPS) is 12.8. The van der Waals surface area contributed by atoms with Gasteiger partial charge in [0, 0.05) is 10.8 Å². The molecule has 4 heteroatoms. The minimum absolute atomic E-state index is 0.309. The van der Waals surface area contributed by atoms with E-state index in [2.05, 4.69) is 47.0 Å². The summed E-state index contributed by atoms with van der Waals surface area (Å²) in [5, 5.41) is 2.18. The number of anilines is 1. The summed E-state index contributed by atoms with van der Waals surface area (Å²) in [5.41, 5.74) is 8.43. The van der Waals surface area contributed by atoms with E-state index in [1.54, 1.807) is 6.07 Å². The van der Waals surface area contributed by atoms with Crippen molar-refractivity contribution in [3.8, 4) is 27.9 Å². The molecule has 8 rings (SSSR count). The molecule has 0 atom stereocenters. The highest BCUT2D eigenvalue weighted by molar-refractivity contribution is 6.35. The molecule has 1 aliphatic rings. The monoisotopic (exact) mass is 540 g/mol. The highest BCUT2D eigenvalue weighted by atomic mass is 16.2. The van der Waals surface area contributed by atoms with Crippen molar-refractivity contribution in [2.24, 2.45) is 0 Å². The molecule has 1 aliphatic heterocycles. The third kappa shape index (κ3) is 3.62. The van der Waals surface area contributed by atoms with Crippen molar-refractivity contribution in [3.05, 3.63) is 157 Å². The molecule has 1 aromatic heterocycles. The molecule has 6 aromatic carbocycles. The molecule has 7 aromatic rings. The Labute approximate surface area is 242 Å².